The van der Waals surface area contributed by atoms with Gasteiger partial charge >= 0.3 is 17.9 Å². The first kappa shape index (κ1) is 59.6. The molecule has 2 saturated heterocycles. The van der Waals surface area contributed by atoms with Gasteiger partial charge in [0.25, 0.3) is 0 Å². The first-order chi connectivity index (χ1) is 33.3. The van der Waals surface area contributed by atoms with Crippen molar-refractivity contribution in [3.8, 4) is 11.5 Å². The van der Waals surface area contributed by atoms with Crippen LogP contribution in [0.2, 0.25) is 0 Å². The van der Waals surface area contributed by atoms with Crippen molar-refractivity contribution in [3.05, 3.63) is 80.4 Å². The number of phenols is 2. The summed E-state index contributed by atoms with van der Waals surface area (Å²) >= 11 is 3.07. The minimum absolute atomic E-state index is 0.0185. The van der Waals surface area contributed by atoms with Gasteiger partial charge in [-0.2, -0.15) is 0 Å². The number of cyclic esters (lactones) is 1. The summed E-state index contributed by atoms with van der Waals surface area (Å²) in [5, 5.41) is 76.9. The lowest BCUT2D eigenvalue weighted by atomic mass is 9.88. The molecule has 0 spiro atoms. The molecule has 5 unspecified atom stereocenters. The van der Waals surface area contributed by atoms with Gasteiger partial charge in [0.2, 0.25) is 0 Å². The molecule has 0 amide bonds. The number of carbonyl (C=O) groups excluding carboxylic acids is 3. The highest BCUT2D eigenvalue weighted by Crippen LogP contribution is 2.40. The van der Waals surface area contributed by atoms with Crippen LogP contribution in [0.5, 0.6) is 11.5 Å². The van der Waals surface area contributed by atoms with Gasteiger partial charge in [0, 0.05) is 19.4 Å². The molecule has 398 valence electrons. The zero-order valence-corrected chi connectivity index (χ0v) is 44.3. The monoisotopic (exact) mass is 1070 g/mol. The summed E-state index contributed by atoms with van der Waals surface area (Å²) in [6.45, 7) is 18.2. The minimum atomic E-state index is -1.54. The molecule has 0 saturated carbocycles. The smallest absolute Gasteiger partial charge is 0.342 e. The van der Waals surface area contributed by atoms with Gasteiger partial charge in [0.05, 0.1) is 48.1 Å². The molecule has 71 heavy (non-hydrogen) atoms. The van der Waals surface area contributed by atoms with Gasteiger partial charge in [0.1, 0.15) is 52.1 Å². The second kappa shape index (κ2) is 26.3. The zero-order valence-electron chi connectivity index (χ0n) is 42.7. The summed E-state index contributed by atoms with van der Waals surface area (Å²) < 4.78 is 47.8. The van der Waals surface area contributed by atoms with Crippen LogP contribution < -0.4 is 0 Å². The van der Waals surface area contributed by atoms with Crippen LogP contribution in [-0.4, -0.2) is 153 Å². The molecule has 4 rings (SSSR count). The third kappa shape index (κ3) is 15.1. The van der Waals surface area contributed by atoms with E-state index in [2.05, 4.69) is 15.9 Å². The van der Waals surface area contributed by atoms with Crippen LogP contribution in [0.3, 0.4) is 0 Å². The number of halogens is 1. The number of aromatic hydroxyl groups is 2. The Morgan fingerprint density at radius 1 is 0.944 bits per heavy atom. The van der Waals surface area contributed by atoms with Gasteiger partial charge in [-0.25, -0.2) is 9.59 Å². The van der Waals surface area contributed by atoms with Gasteiger partial charge < -0.3 is 73.6 Å². The first-order valence-electron chi connectivity index (χ1n) is 24.1. The van der Waals surface area contributed by atoms with Crippen LogP contribution >= 0.6 is 15.9 Å². The molecule has 19 heteroatoms. The fourth-order valence-corrected chi connectivity index (χ4v) is 8.76. The predicted octanol–water partition coefficient (Wildman–Crippen LogP) is 5.69. The Morgan fingerprint density at radius 2 is 1.62 bits per heavy atom. The number of hydrogen-bond donors (Lipinski definition) is 7. The summed E-state index contributed by atoms with van der Waals surface area (Å²) in [6.07, 6.45) is -4.84. The van der Waals surface area contributed by atoms with E-state index in [9.17, 15) is 50.1 Å². The standard InChI is InChI=1S/C52H75BrO18/c1-13-31-23-35(56)38(53)39(57)37(31)49(63)68-43-30(9)66-50(44(64-12)40(43)58)65-24-33-17-15-16-18-34(55)27(6)22-32(14-2)42(28(7)21-26(5)19-20-36(29(8)54)67-48(33)62)70-51-45(69-47(61)25(3)4)41(59)46(60)52(10,11)71-51/h15-17,19,21-23,25,29-30,32,34,36,40-46,50-51,54-60H,13-14,18,20,24H2,1-12H3/b16-15-,26-19-,27-22-,28-21-,33-17-/t29?,30-,32?,34?,36?,40+,41+,42?,43-,44+,45-,46-,50-,51+/m0/s1. The Balaban J connectivity index is 1.63. The number of ether oxygens (including phenoxy) is 8. The maximum absolute atomic E-state index is 14.0. The van der Waals surface area contributed by atoms with Gasteiger partial charge in [-0.3, -0.25) is 4.79 Å². The Bertz CT molecular complexity index is 2160. The number of phenolic OH excluding ortho intramolecular Hbond substituents is 2. The average Bonchev–Trinajstić information content (AvgIpc) is 3.30. The van der Waals surface area contributed by atoms with Crippen molar-refractivity contribution in [2.75, 3.05) is 13.7 Å². The van der Waals surface area contributed by atoms with E-state index in [1.807, 2.05) is 32.9 Å². The molecule has 7 N–H and O–H groups in total. The van der Waals surface area contributed by atoms with Crippen molar-refractivity contribution in [2.24, 2.45) is 11.8 Å². The molecule has 3 aliphatic rings. The van der Waals surface area contributed by atoms with E-state index < -0.39 is 127 Å². The molecule has 0 aromatic heterocycles. The number of aliphatic hydroxyl groups is 5. The maximum atomic E-state index is 14.0. The molecule has 18 nitrogen and oxygen atoms in total. The number of esters is 3. The molecule has 0 aliphatic carbocycles. The Morgan fingerprint density at radius 3 is 2.23 bits per heavy atom. The summed E-state index contributed by atoms with van der Waals surface area (Å²) in [5.41, 5.74) is 0.775. The molecule has 14 atom stereocenters. The SMILES string of the molecule is CCc1cc(O)c(Br)c(O)c1C(=O)O[C@@H]1[C@@H](O)[C@@H](OC)[C@@H](OC/C2=C/C=C\CC(O)/C(C)=C\C(CC)C(O[C@@H]3OC(C)(C)[C@@H](O)[C@H](O)[C@@H]3OC(=O)C(C)C)/C(C)=C\C(C)=C/CC(C(C)O)OC2=O)O[C@H]1C. The van der Waals surface area contributed by atoms with E-state index in [0.717, 1.165) is 0 Å². The van der Waals surface area contributed by atoms with Crippen molar-refractivity contribution < 1.29 is 88.0 Å². The van der Waals surface area contributed by atoms with E-state index in [1.54, 1.807) is 59.8 Å². The number of benzene rings is 1. The summed E-state index contributed by atoms with van der Waals surface area (Å²) in [7, 11) is 1.29. The fourth-order valence-electron chi connectivity index (χ4n) is 8.45. The largest absolute Gasteiger partial charge is 0.507 e. The zero-order chi connectivity index (χ0) is 53.2. The highest BCUT2D eigenvalue weighted by molar-refractivity contribution is 9.10. The second-order valence-corrected chi connectivity index (χ2v) is 20.1. The molecule has 1 aromatic rings. The number of carbonyl (C=O) groups is 3. The van der Waals surface area contributed by atoms with Gasteiger partial charge in [0.15, 0.2) is 24.8 Å². The highest BCUT2D eigenvalue weighted by atomic mass is 79.9. The van der Waals surface area contributed by atoms with E-state index in [0.29, 0.717) is 28.7 Å². The normalized spacial score (nSPS) is 35.1. The minimum Gasteiger partial charge on any atom is -0.507 e. The summed E-state index contributed by atoms with van der Waals surface area (Å²) in [4.78, 5) is 40.3. The Labute approximate surface area is 425 Å². The van der Waals surface area contributed by atoms with Crippen LogP contribution in [0.15, 0.2) is 69.3 Å². The molecule has 0 radical (unpaired) electrons. The first-order valence-corrected chi connectivity index (χ1v) is 24.9. The molecule has 3 aliphatic heterocycles. The van der Waals surface area contributed by atoms with Crippen LogP contribution in [0.4, 0.5) is 0 Å². The lowest BCUT2D eigenvalue weighted by Gasteiger charge is -2.47. The summed E-state index contributed by atoms with van der Waals surface area (Å²) in [5.74, 6) is -4.19. The van der Waals surface area contributed by atoms with Crippen LogP contribution in [0, 0.1) is 11.8 Å². The van der Waals surface area contributed by atoms with Crippen molar-refractivity contribution in [1.82, 2.24) is 0 Å². The van der Waals surface area contributed by atoms with Gasteiger partial charge in [-0.05, 0) is 113 Å². The third-order valence-electron chi connectivity index (χ3n) is 12.9. The number of aryl methyl sites for hydroxylation is 1. The highest BCUT2D eigenvalue weighted by Gasteiger charge is 2.53. The average molecular weight is 1070 g/mol. The summed E-state index contributed by atoms with van der Waals surface area (Å²) in [6, 6.07) is 1.32. The number of aliphatic hydroxyl groups excluding tert-OH is 5. The van der Waals surface area contributed by atoms with E-state index >= 15 is 0 Å². The fraction of sp³-hybridized carbons (Fsp3) is 0.635. The van der Waals surface area contributed by atoms with Crippen LogP contribution in [0.25, 0.3) is 0 Å². The molecule has 3 heterocycles. The van der Waals surface area contributed by atoms with E-state index in [4.69, 9.17) is 37.9 Å². The van der Waals surface area contributed by atoms with E-state index in [1.165, 1.54) is 33.1 Å². The van der Waals surface area contributed by atoms with Crippen molar-refractivity contribution in [3.63, 3.8) is 0 Å². The molecule has 1 aromatic carbocycles. The van der Waals surface area contributed by atoms with Crippen LogP contribution in [0.1, 0.15) is 111 Å². The van der Waals surface area contributed by atoms with E-state index in [-0.39, 0.29) is 40.6 Å². The number of rotatable bonds is 13. The number of methoxy groups -OCH3 is 1. The maximum Gasteiger partial charge on any atom is 0.342 e. The lowest BCUT2D eigenvalue weighted by Crippen LogP contribution is -2.64. The second-order valence-electron chi connectivity index (χ2n) is 19.3. The quantitative estimate of drug-likeness (QED) is 0.0711. The lowest BCUT2D eigenvalue weighted by molar-refractivity contribution is -0.333. The topological polar surface area (TPSA) is 267 Å². The Hall–Kier alpha value is -3.99. The van der Waals surface area contributed by atoms with Gasteiger partial charge in [-0.15, -0.1) is 0 Å². The van der Waals surface area contributed by atoms with Crippen molar-refractivity contribution >= 4 is 33.8 Å². The van der Waals surface area contributed by atoms with Crippen molar-refractivity contribution in [2.45, 2.75) is 187 Å². The van der Waals surface area contributed by atoms with Crippen LogP contribution in [-0.2, 0) is 53.9 Å². The molecular weight excluding hydrogens is 992 g/mol. The number of hydrogen-bond acceptors (Lipinski definition) is 18. The number of allylic oxidation sites excluding steroid dienone is 4. The predicted molar refractivity (Wildman–Crippen MR) is 263 cm³/mol. The van der Waals surface area contributed by atoms with Gasteiger partial charge in [-0.1, -0.05) is 63.6 Å². The third-order valence-corrected chi connectivity index (χ3v) is 13.7. The van der Waals surface area contributed by atoms with Crippen molar-refractivity contribution in [1.29, 1.82) is 0 Å². The molecule has 0 bridgehead atoms. The molecular formula is C52H75BrO18. The Kier molecular flexibility index (Phi) is 22.1. The molecule has 2 fully saturated rings.